The predicted molar refractivity (Wildman–Crippen MR) is 86.8 cm³/mol. The van der Waals surface area contributed by atoms with Gasteiger partial charge in [-0.15, -0.1) is 0 Å². The van der Waals surface area contributed by atoms with Crippen LogP contribution in [0.4, 0.5) is 0 Å². The molecule has 0 radical (unpaired) electrons. The maximum Gasteiger partial charge on any atom is 0.0106 e. The van der Waals surface area contributed by atoms with E-state index in [0.717, 1.165) is 26.2 Å². The molecule has 0 bridgehead atoms. The molecule has 0 aliphatic heterocycles. The predicted octanol–water partition coefficient (Wildman–Crippen LogP) is 2.67. The topological polar surface area (TPSA) is 18.5 Å². The van der Waals surface area contributed by atoms with Gasteiger partial charge in [0.25, 0.3) is 0 Å². The first-order valence-electron chi connectivity index (χ1n) is 7.66. The third-order valence-corrected chi connectivity index (χ3v) is 3.48. The highest BCUT2D eigenvalue weighted by Crippen LogP contribution is 2.24. The molecule has 0 aromatic carbocycles. The number of hydrogen-bond donors (Lipinski definition) is 1. The van der Waals surface area contributed by atoms with Crippen molar-refractivity contribution in [3.05, 3.63) is 0 Å². The van der Waals surface area contributed by atoms with Crippen molar-refractivity contribution in [2.75, 3.05) is 47.3 Å². The van der Waals surface area contributed by atoms with Gasteiger partial charge in [0.05, 0.1) is 0 Å². The second kappa shape index (κ2) is 8.23. The number of rotatable bonds is 9. The molecule has 116 valence electrons. The van der Waals surface area contributed by atoms with Crippen LogP contribution >= 0.6 is 0 Å². The lowest BCUT2D eigenvalue weighted by molar-refractivity contribution is 0.154. The average molecular weight is 271 g/mol. The van der Waals surface area contributed by atoms with E-state index < -0.39 is 0 Å². The van der Waals surface area contributed by atoms with Gasteiger partial charge in [0.1, 0.15) is 0 Å². The van der Waals surface area contributed by atoms with Crippen LogP contribution in [-0.2, 0) is 0 Å². The molecule has 0 aliphatic rings. The Morgan fingerprint density at radius 2 is 1.53 bits per heavy atom. The van der Waals surface area contributed by atoms with Gasteiger partial charge in [0, 0.05) is 31.7 Å². The maximum absolute atomic E-state index is 3.68. The Kier molecular flexibility index (Phi) is 8.18. The summed E-state index contributed by atoms with van der Waals surface area (Å²) in [5.41, 5.74) is 0.570. The van der Waals surface area contributed by atoms with Crippen molar-refractivity contribution >= 4 is 0 Å². The van der Waals surface area contributed by atoms with E-state index in [1.54, 1.807) is 0 Å². The fourth-order valence-corrected chi connectivity index (χ4v) is 2.41. The zero-order valence-corrected chi connectivity index (χ0v) is 14.6. The lowest BCUT2D eigenvalue weighted by Crippen LogP contribution is -2.47. The Bertz CT molecular complexity index is 233. The van der Waals surface area contributed by atoms with Crippen LogP contribution in [0, 0.1) is 5.41 Å². The molecule has 1 N–H and O–H groups in total. The van der Waals surface area contributed by atoms with Crippen molar-refractivity contribution in [2.45, 2.75) is 53.0 Å². The van der Waals surface area contributed by atoms with Gasteiger partial charge >= 0.3 is 0 Å². The first-order valence-corrected chi connectivity index (χ1v) is 7.66. The highest BCUT2D eigenvalue weighted by molar-refractivity contribution is 4.83. The minimum Gasteiger partial charge on any atom is -0.311 e. The van der Waals surface area contributed by atoms with Crippen LogP contribution in [0.15, 0.2) is 0 Å². The molecule has 0 amide bonds. The fourth-order valence-electron chi connectivity index (χ4n) is 2.41. The van der Waals surface area contributed by atoms with Crippen molar-refractivity contribution in [3.63, 3.8) is 0 Å². The monoisotopic (exact) mass is 271 g/mol. The largest absolute Gasteiger partial charge is 0.311 e. The van der Waals surface area contributed by atoms with Crippen molar-refractivity contribution in [2.24, 2.45) is 5.41 Å². The van der Waals surface area contributed by atoms with Gasteiger partial charge in [0.2, 0.25) is 0 Å². The molecule has 19 heavy (non-hydrogen) atoms. The van der Waals surface area contributed by atoms with E-state index in [0.29, 0.717) is 5.41 Å². The van der Waals surface area contributed by atoms with E-state index in [1.165, 1.54) is 12.8 Å². The Morgan fingerprint density at radius 1 is 0.947 bits per heavy atom. The van der Waals surface area contributed by atoms with Crippen LogP contribution in [0.2, 0.25) is 0 Å². The van der Waals surface area contributed by atoms with Gasteiger partial charge in [-0.2, -0.15) is 0 Å². The summed E-state index contributed by atoms with van der Waals surface area (Å²) < 4.78 is 0. The minimum atomic E-state index is 0.206. The van der Waals surface area contributed by atoms with Crippen LogP contribution in [0.1, 0.15) is 47.5 Å². The van der Waals surface area contributed by atoms with E-state index in [1.807, 2.05) is 0 Å². The lowest BCUT2D eigenvalue weighted by Gasteiger charge is -2.37. The summed E-state index contributed by atoms with van der Waals surface area (Å²) in [6.07, 6.45) is 2.53. The van der Waals surface area contributed by atoms with Gasteiger partial charge < -0.3 is 15.1 Å². The highest BCUT2D eigenvalue weighted by Gasteiger charge is 2.26. The van der Waals surface area contributed by atoms with Crippen LogP contribution in [0.3, 0.4) is 0 Å². The molecule has 3 nitrogen and oxygen atoms in total. The van der Waals surface area contributed by atoms with E-state index >= 15 is 0 Å². The molecule has 0 aromatic heterocycles. The molecule has 0 aromatic rings. The summed E-state index contributed by atoms with van der Waals surface area (Å²) in [4.78, 5) is 4.72. The standard InChI is InChI=1S/C16H37N3/c1-9-10-16(5,13-17-15(2,3)4)14-19(8)12-11-18(6)7/h17H,9-14H2,1-8H3. The van der Waals surface area contributed by atoms with Gasteiger partial charge in [0.15, 0.2) is 0 Å². The molecule has 0 spiro atoms. The van der Waals surface area contributed by atoms with Crippen molar-refractivity contribution in [1.29, 1.82) is 0 Å². The molecule has 0 aliphatic carbocycles. The van der Waals surface area contributed by atoms with E-state index in [-0.39, 0.29) is 5.54 Å². The van der Waals surface area contributed by atoms with Crippen molar-refractivity contribution in [1.82, 2.24) is 15.1 Å². The van der Waals surface area contributed by atoms with Crippen LogP contribution < -0.4 is 5.32 Å². The summed E-state index contributed by atoms with van der Waals surface area (Å²) in [5, 5.41) is 3.68. The van der Waals surface area contributed by atoms with E-state index in [2.05, 4.69) is 70.9 Å². The molecule has 1 unspecified atom stereocenters. The van der Waals surface area contributed by atoms with Crippen LogP contribution in [0.5, 0.6) is 0 Å². The SMILES string of the molecule is CCCC(C)(CNC(C)(C)C)CN(C)CCN(C)C. The smallest absolute Gasteiger partial charge is 0.0106 e. The Morgan fingerprint density at radius 3 is 1.95 bits per heavy atom. The minimum absolute atomic E-state index is 0.206. The molecular formula is C16H37N3. The normalized spacial score (nSPS) is 16.1. The molecular weight excluding hydrogens is 234 g/mol. The second-order valence-corrected chi connectivity index (χ2v) is 7.71. The number of likely N-dealkylation sites (N-methyl/N-ethyl adjacent to an activating group) is 2. The van der Waals surface area contributed by atoms with Gasteiger partial charge in [-0.1, -0.05) is 20.3 Å². The number of hydrogen-bond acceptors (Lipinski definition) is 3. The summed E-state index contributed by atoms with van der Waals surface area (Å²) in [6.45, 7) is 16.0. The summed E-state index contributed by atoms with van der Waals surface area (Å²) in [6, 6.07) is 0. The zero-order valence-electron chi connectivity index (χ0n) is 14.6. The lowest BCUT2D eigenvalue weighted by atomic mass is 9.84. The highest BCUT2D eigenvalue weighted by atomic mass is 15.2. The maximum atomic E-state index is 3.68. The van der Waals surface area contributed by atoms with Crippen molar-refractivity contribution in [3.8, 4) is 0 Å². The van der Waals surface area contributed by atoms with Crippen molar-refractivity contribution < 1.29 is 0 Å². The average Bonchev–Trinajstić information content (AvgIpc) is 2.23. The Hall–Kier alpha value is -0.120. The quantitative estimate of drug-likeness (QED) is 0.695. The number of nitrogens with zero attached hydrogens (tertiary/aromatic N) is 2. The first-order chi connectivity index (χ1) is 8.58. The Balaban J connectivity index is 4.35. The number of nitrogens with one attached hydrogen (secondary N) is 1. The van der Waals surface area contributed by atoms with Gasteiger partial charge in [-0.25, -0.2) is 0 Å². The van der Waals surface area contributed by atoms with E-state index in [9.17, 15) is 0 Å². The molecule has 0 saturated carbocycles. The molecule has 0 heterocycles. The Labute approximate surface area is 121 Å². The first kappa shape index (κ1) is 18.9. The van der Waals surface area contributed by atoms with Crippen LogP contribution in [-0.4, -0.2) is 62.7 Å². The molecule has 1 atom stereocenters. The molecule has 0 rings (SSSR count). The third kappa shape index (κ3) is 10.3. The second-order valence-electron chi connectivity index (χ2n) is 7.71. The van der Waals surface area contributed by atoms with Gasteiger partial charge in [-0.05, 0) is 53.8 Å². The third-order valence-electron chi connectivity index (χ3n) is 3.48. The zero-order chi connectivity index (χ0) is 15.1. The van der Waals surface area contributed by atoms with Gasteiger partial charge in [-0.3, -0.25) is 0 Å². The summed E-state index contributed by atoms with van der Waals surface area (Å²) in [7, 11) is 6.52. The molecule has 0 fully saturated rings. The molecule has 0 saturated heterocycles. The van der Waals surface area contributed by atoms with Crippen LogP contribution in [0.25, 0.3) is 0 Å². The van der Waals surface area contributed by atoms with E-state index in [4.69, 9.17) is 0 Å². The summed E-state index contributed by atoms with van der Waals surface area (Å²) in [5.74, 6) is 0. The fraction of sp³-hybridized carbons (Fsp3) is 1.00. The summed E-state index contributed by atoms with van der Waals surface area (Å²) >= 11 is 0. The molecule has 3 heteroatoms.